The van der Waals surface area contributed by atoms with Crippen LogP contribution < -0.4 is 0 Å². The maximum atomic E-state index is 6.21. The van der Waals surface area contributed by atoms with Gasteiger partial charge in [-0.1, -0.05) is 11.6 Å². The van der Waals surface area contributed by atoms with Gasteiger partial charge in [0.25, 0.3) is 11.8 Å². The van der Waals surface area contributed by atoms with Crippen LogP contribution in [-0.4, -0.2) is 29.8 Å². The van der Waals surface area contributed by atoms with E-state index < -0.39 is 0 Å². The number of rotatable bonds is 2. The van der Waals surface area contributed by atoms with E-state index in [1.165, 1.54) is 0 Å². The van der Waals surface area contributed by atoms with E-state index >= 15 is 0 Å². The Morgan fingerprint density at radius 1 is 1.10 bits per heavy atom. The van der Waals surface area contributed by atoms with E-state index in [4.69, 9.17) is 16.0 Å². The third kappa shape index (κ3) is 1.90. The summed E-state index contributed by atoms with van der Waals surface area (Å²) in [6.45, 7) is 3.76. The van der Waals surface area contributed by atoms with Crippen molar-refractivity contribution >= 4 is 11.6 Å². The maximum absolute atomic E-state index is 6.21. The zero-order valence-corrected chi connectivity index (χ0v) is 12.3. The lowest BCUT2D eigenvalue weighted by molar-refractivity contribution is 0.579. The first-order valence-electron chi connectivity index (χ1n) is 6.01. The van der Waals surface area contributed by atoms with Crippen molar-refractivity contribution in [3.8, 4) is 23.0 Å². The van der Waals surface area contributed by atoms with Gasteiger partial charge in [-0.25, -0.2) is 0 Å². The van der Waals surface area contributed by atoms with Gasteiger partial charge in [0.2, 0.25) is 0 Å². The molecule has 0 saturated carbocycles. The van der Waals surface area contributed by atoms with Gasteiger partial charge in [0.15, 0.2) is 5.69 Å². The molecule has 0 aliphatic heterocycles. The Balaban J connectivity index is 2.06. The largest absolute Gasteiger partial charge is 0.414 e. The highest BCUT2D eigenvalue weighted by Crippen LogP contribution is 2.30. The quantitative estimate of drug-likeness (QED) is 0.723. The van der Waals surface area contributed by atoms with Crippen LogP contribution >= 0.6 is 11.6 Å². The molecule has 0 bridgehead atoms. The molecule has 3 aromatic rings. The van der Waals surface area contributed by atoms with Crippen LogP contribution in [-0.2, 0) is 14.1 Å². The Morgan fingerprint density at radius 3 is 2.35 bits per heavy atom. The Morgan fingerprint density at radius 2 is 1.80 bits per heavy atom. The van der Waals surface area contributed by atoms with Crippen LogP contribution in [0.2, 0.25) is 5.02 Å². The lowest BCUT2D eigenvalue weighted by Crippen LogP contribution is -1.92. The summed E-state index contributed by atoms with van der Waals surface area (Å²) < 4.78 is 9.04. The molecule has 104 valence electrons. The first-order valence-corrected chi connectivity index (χ1v) is 6.38. The fourth-order valence-corrected chi connectivity index (χ4v) is 2.20. The molecule has 0 unspecified atom stereocenters. The number of nitrogens with zero attached hydrogens (tertiary/aromatic N) is 6. The Labute approximate surface area is 120 Å². The minimum absolute atomic E-state index is 0.303. The molecule has 0 atom stereocenters. The summed E-state index contributed by atoms with van der Waals surface area (Å²) in [5.74, 6) is 0.710. The summed E-state index contributed by atoms with van der Waals surface area (Å²) in [6.07, 6.45) is 1.83. The molecule has 0 spiro atoms. The van der Waals surface area contributed by atoms with E-state index in [9.17, 15) is 0 Å². The maximum Gasteiger partial charge on any atom is 0.270 e. The Kier molecular flexibility index (Phi) is 2.86. The second-order valence-corrected chi connectivity index (χ2v) is 4.96. The van der Waals surface area contributed by atoms with Crippen molar-refractivity contribution in [3.05, 3.63) is 22.6 Å². The molecule has 0 saturated heterocycles. The van der Waals surface area contributed by atoms with Crippen molar-refractivity contribution in [2.45, 2.75) is 13.8 Å². The first-order chi connectivity index (χ1) is 9.47. The molecule has 0 N–H and O–H groups in total. The molecular weight excluding hydrogens is 280 g/mol. The first kappa shape index (κ1) is 12.9. The molecule has 3 rings (SSSR count). The van der Waals surface area contributed by atoms with Crippen molar-refractivity contribution in [2.75, 3.05) is 0 Å². The molecule has 0 aromatic carbocycles. The second kappa shape index (κ2) is 4.45. The van der Waals surface area contributed by atoms with Crippen molar-refractivity contribution < 1.29 is 4.42 Å². The third-order valence-corrected chi connectivity index (χ3v) is 3.58. The van der Waals surface area contributed by atoms with Gasteiger partial charge in [0, 0.05) is 20.3 Å². The van der Waals surface area contributed by atoms with E-state index in [2.05, 4.69) is 20.4 Å². The van der Waals surface area contributed by atoms with Crippen LogP contribution in [0.4, 0.5) is 0 Å². The van der Waals surface area contributed by atoms with Crippen LogP contribution in [0.15, 0.2) is 10.6 Å². The molecule has 0 aliphatic carbocycles. The van der Waals surface area contributed by atoms with E-state index in [0.717, 1.165) is 17.0 Å². The zero-order valence-electron chi connectivity index (χ0n) is 11.5. The highest BCUT2D eigenvalue weighted by atomic mass is 35.5. The van der Waals surface area contributed by atoms with Crippen LogP contribution in [0.5, 0.6) is 0 Å². The molecule has 0 aliphatic rings. The normalized spacial score (nSPS) is 11.2. The number of hydrogen-bond acceptors (Lipinski definition) is 5. The van der Waals surface area contributed by atoms with E-state index in [0.29, 0.717) is 22.5 Å². The fraction of sp³-hybridized carbons (Fsp3) is 0.333. The van der Waals surface area contributed by atoms with Gasteiger partial charge in [-0.15, -0.1) is 10.2 Å². The average molecular weight is 293 g/mol. The molecule has 0 amide bonds. The minimum Gasteiger partial charge on any atom is -0.414 e. The molecule has 3 aromatic heterocycles. The van der Waals surface area contributed by atoms with Gasteiger partial charge in [-0.05, 0) is 13.8 Å². The molecular formula is C12H13ClN6O. The standard InChI is InChI=1S/C12H13ClN6O/c1-6-8(5-18(3)16-6)11-14-15-12(20-11)10-9(13)7(2)19(4)17-10/h5H,1-4H3. The van der Waals surface area contributed by atoms with E-state index in [1.807, 2.05) is 34.1 Å². The minimum atomic E-state index is 0.303. The summed E-state index contributed by atoms with van der Waals surface area (Å²) in [4.78, 5) is 0. The van der Waals surface area contributed by atoms with Gasteiger partial charge < -0.3 is 4.42 Å². The third-order valence-electron chi connectivity index (χ3n) is 3.13. The SMILES string of the molecule is Cc1nn(C)cc1-c1nnc(-c2nn(C)c(C)c2Cl)o1. The summed E-state index contributed by atoms with van der Waals surface area (Å²) in [5, 5.41) is 17.1. The van der Waals surface area contributed by atoms with E-state index in [-0.39, 0.29) is 0 Å². The summed E-state index contributed by atoms with van der Waals surface area (Å²) in [6, 6.07) is 0. The molecule has 8 heteroatoms. The Bertz CT molecular complexity index is 784. The van der Waals surface area contributed by atoms with Crippen molar-refractivity contribution in [2.24, 2.45) is 14.1 Å². The van der Waals surface area contributed by atoms with Crippen LogP contribution in [0.3, 0.4) is 0 Å². The average Bonchev–Trinajstić information content (AvgIpc) is 3.05. The molecule has 0 radical (unpaired) electrons. The summed E-state index contributed by atoms with van der Waals surface area (Å²) in [5.41, 5.74) is 2.96. The number of aryl methyl sites for hydroxylation is 3. The van der Waals surface area contributed by atoms with Crippen molar-refractivity contribution in [1.82, 2.24) is 29.8 Å². The predicted molar refractivity (Wildman–Crippen MR) is 73.2 cm³/mol. The van der Waals surface area contributed by atoms with Crippen LogP contribution in [0, 0.1) is 13.8 Å². The number of halogens is 1. The number of aromatic nitrogens is 6. The molecule has 3 heterocycles. The predicted octanol–water partition coefficient (Wildman–Crippen LogP) is 2.14. The molecule has 0 fully saturated rings. The monoisotopic (exact) mass is 292 g/mol. The van der Waals surface area contributed by atoms with Crippen molar-refractivity contribution in [1.29, 1.82) is 0 Å². The smallest absolute Gasteiger partial charge is 0.270 e. The van der Waals surface area contributed by atoms with Crippen LogP contribution in [0.25, 0.3) is 23.0 Å². The van der Waals surface area contributed by atoms with Crippen molar-refractivity contribution in [3.63, 3.8) is 0 Å². The summed E-state index contributed by atoms with van der Waals surface area (Å²) >= 11 is 6.21. The highest BCUT2D eigenvalue weighted by Gasteiger charge is 2.20. The molecule has 20 heavy (non-hydrogen) atoms. The molecule has 7 nitrogen and oxygen atoms in total. The lowest BCUT2D eigenvalue weighted by atomic mass is 10.3. The second-order valence-electron chi connectivity index (χ2n) is 4.59. The van der Waals surface area contributed by atoms with E-state index in [1.54, 1.807) is 9.36 Å². The van der Waals surface area contributed by atoms with Gasteiger partial charge >= 0.3 is 0 Å². The highest BCUT2D eigenvalue weighted by molar-refractivity contribution is 6.33. The van der Waals surface area contributed by atoms with Gasteiger partial charge in [0.1, 0.15) is 0 Å². The van der Waals surface area contributed by atoms with Gasteiger partial charge in [0.05, 0.1) is 22.0 Å². The topological polar surface area (TPSA) is 74.6 Å². The van der Waals surface area contributed by atoms with Gasteiger partial charge in [-0.2, -0.15) is 10.2 Å². The zero-order chi connectivity index (χ0) is 14.4. The fourth-order valence-electron chi connectivity index (χ4n) is 1.96. The number of hydrogen-bond donors (Lipinski definition) is 0. The summed E-state index contributed by atoms with van der Waals surface area (Å²) in [7, 11) is 3.65. The Hall–Kier alpha value is -2.15. The lowest BCUT2D eigenvalue weighted by Gasteiger charge is -1.90. The van der Waals surface area contributed by atoms with Crippen LogP contribution in [0.1, 0.15) is 11.4 Å². The van der Waals surface area contributed by atoms with Gasteiger partial charge in [-0.3, -0.25) is 9.36 Å².